The minimum atomic E-state index is -0.167. The second kappa shape index (κ2) is 6.69. The number of nitrogens with one attached hydrogen (secondary N) is 1. The Morgan fingerprint density at radius 2 is 2.09 bits per heavy atom. The molecule has 1 saturated heterocycles. The molecule has 2 aromatic rings. The van der Waals surface area contributed by atoms with E-state index in [4.69, 9.17) is 4.74 Å². The summed E-state index contributed by atoms with van der Waals surface area (Å²) in [5, 5.41) is 2.62. The van der Waals surface area contributed by atoms with Crippen molar-refractivity contribution in [2.24, 2.45) is 0 Å². The molecule has 1 fully saturated rings. The third-order valence-electron chi connectivity index (χ3n) is 4.24. The van der Waals surface area contributed by atoms with Gasteiger partial charge in [0.05, 0.1) is 13.2 Å². The number of carbonyl (C=O) groups excluding carboxylic acids is 1. The second-order valence-corrected chi connectivity index (χ2v) is 5.55. The van der Waals surface area contributed by atoms with E-state index in [0.717, 1.165) is 31.0 Å². The SMILES string of the molecule is CNC(=O)c1cccc(N2CCC[C@@H]2c2ccccc2OC)n1. The van der Waals surface area contributed by atoms with Crippen molar-refractivity contribution in [2.45, 2.75) is 18.9 Å². The Kier molecular flexibility index (Phi) is 4.46. The molecular weight excluding hydrogens is 290 g/mol. The summed E-state index contributed by atoms with van der Waals surface area (Å²) in [4.78, 5) is 18.6. The van der Waals surface area contributed by atoms with Crippen LogP contribution in [0.15, 0.2) is 42.5 Å². The molecule has 0 radical (unpaired) electrons. The van der Waals surface area contributed by atoms with Gasteiger partial charge in [0, 0.05) is 19.2 Å². The van der Waals surface area contributed by atoms with Gasteiger partial charge < -0.3 is 15.0 Å². The van der Waals surface area contributed by atoms with Crippen molar-refractivity contribution >= 4 is 11.7 Å². The summed E-state index contributed by atoms with van der Waals surface area (Å²) < 4.78 is 5.51. The van der Waals surface area contributed by atoms with Crippen LogP contribution in [-0.4, -0.2) is 31.6 Å². The zero-order valence-electron chi connectivity index (χ0n) is 13.5. The summed E-state index contributed by atoms with van der Waals surface area (Å²) >= 11 is 0. The third-order valence-corrected chi connectivity index (χ3v) is 4.24. The molecule has 120 valence electrons. The van der Waals surface area contributed by atoms with Gasteiger partial charge in [-0.2, -0.15) is 0 Å². The molecule has 1 amide bonds. The molecule has 0 saturated carbocycles. The predicted molar refractivity (Wildman–Crippen MR) is 89.9 cm³/mol. The summed E-state index contributed by atoms with van der Waals surface area (Å²) in [7, 11) is 3.31. The molecule has 1 aromatic heterocycles. The van der Waals surface area contributed by atoms with Crippen LogP contribution < -0.4 is 15.0 Å². The van der Waals surface area contributed by atoms with Crippen molar-refractivity contribution in [1.82, 2.24) is 10.3 Å². The first kappa shape index (κ1) is 15.3. The molecule has 0 aliphatic carbocycles. The Balaban J connectivity index is 1.94. The number of nitrogens with zero attached hydrogens (tertiary/aromatic N) is 2. The number of amides is 1. The fraction of sp³-hybridized carbons (Fsp3) is 0.333. The van der Waals surface area contributed by atoms with Crippen molar-refractivity contribution in [3.8, 4) is 5.75 Å². The van der Waals surface area contributed by atoms with Crippen molar-refractivity contribution in [2.75, 3.05) is 25.6 Å². The second-order valence-electron chi connectivity index (χ2n) is 5.55. The molecule has 0 bridgehead atoms. The molecule has 5 nitrogen and oxygen atoms in total. The van der Waals surface area contributed by atoms with E-state index in [1.54, 1.807) is 20.2 Å². The average Bonchev–Trinajstić information content (AvgIpc) is 3.10. The lowest BCUT2D eigenvalue weighted by Crippen LogP contribution is -2.26. The van der Waals surface area contributed by atoms with Gasteiger partial charge in [-0.3, -0.25) is 4.79 Å². The standard InChI is InChI=1S/C18H21N3O2/c1-19-18(22)14-8-5-11-17(20-14)21-12-6-9-15(21)13-7-3-4-10-16(13)23-2/h3-5,7-8,10-11,15H,6,9,12H2,1-2H3,(H,19,22)/t15-/m1/s1. The van der Waals surface area contributed by atoms with Gasteiger partial charge in [-0.15, -0.1) is 0 Å². The molecule has 5 heteroatoms. The minimum Gasteiger partial charge on any atom is -0.496 e. The van der Waals surface area contributed by atoms with E-state index in [1.807, 2.05) is 30.3 Å². The van der Waals surface area contributed by atoms with E-state index in [2.05, 4.69) is 21.3 Å². The number of hydrogen-bond donors (Lipinski definition) is 1. The van der Waals surface area contributed by atoms with E-state index in [1.165, 1.54) is 5.56 Å². The lowest BCUT2D eigenvalue weighted by atomic mass is 10.0. The number of aromatic nitrogens is 1. The molecule has 1 atom stereocenters. The number of para-hydroxylation sites is 1. The Hall–Kier alpha value is -2.56. The molecule has 2 heterocycles. The number of pyridine rings is 1. The Morgan fingerprint density at radius 3 is 2.87 bits per heavy atom. The van der Waals surface area contributed by atoms with Gasteiger partial charge in [0.25, 0.3) is 5.91 Å². The molecule has 23 heavy (non-hydrogen) atoms. The van der Waals surface area contributed by atoms with Crippen LogP contribution in [0.25, 0.3) is 0 Å². The normalized spacial score (nSPS) is 17.1. The number of rotatable bonds is 4. The van der Waals surface area contributed by atoms with Crippen molar-refractivity contribution in [1.29, 1.82) is 0 Å². The van der Waals surface area contributed by atoms with Gasteiger partial charge >= 0.3 is 0 Å². The summed E-state index contributed by atoms with van der Waals surface area (Å²) in [6.45, 7) is 0.924. The van der Waals surface area contributed by atoms with Crippen molar-refractivity contribution < 1.29 is 9.53 Å². The fourth-order valence-electron chi connectivity index (χ4n) is 3.14. The number of hydrogen-bond acceptors (Lipinski definition) is 4. The quantitative estimate of drug-likeness (QED) is 0.943. The van der Waals surface area contributed by atoms with Crippen LogP contribution in [0.5, 0.6) is 5.75 Å². The van der Waals surface area contributed by atoms with Gasteiger partial charge in [-0.1, -0.05) is 24.3 Å². The first-order chi connectivity index (χ1) is 11.2. The largest absolute Gasteiger partial charge is 0.496 e. The highest BCUT2D eigenvalue weighted by Crippen LogP contribution is 2.39. The van der Waals surface area contributed by atoms with Crippen LogP contribution >= 0.6 is 0 Å². The fourth-order valence-corrected chi connectivity index (χ4v) is 3.14. The number of benzene rings is 1. The first-order valence-electron chi connectivity index (χ1n) is 7.83. The van der Waals surface area contributed by atoms with Gasteiger partial charge in [0.15, 0.2) is 0 Å². The highest BCUT2D eigenvalue weighted by Gasteiger charge is 2.29. The van der Waals surface area contributed by atoms with Gasteiger partial charge in [-0.05, 0) is 31.0 Å². The van der Waals surface area contributed by atoms with Gasteiger partial charge in [0.1, 0.15) is 17.3 Å². The molecule has 0 spiro atoms. The topological polar surface area (TPSA) is 54.5 Å². The highest BCUT2D eigenvalue weighted by molar-refractivity contribution is 5.92. The number of methoxy groups -OCH3 is 1. The van der Waals surface area contributed by atoms with Crippen LogP contribution in [0.2, 0.25) is 0 Å². The third kappa shape index (κ3) is 2.99. The zero-order chi connectivity index (χ0) is 16.2. The van der Waals surface area contributed by atoms with Crippen LogP contribution in [0.3, 0.4) is 0 Å². The van der Waals surface area contributed by atoms with Gasteiger partial charge in [0.2, 0.25) is 0 Å². The van der Waals surface area contributed by atoms with E-state index in [0.29, 0.717) is 5.69 Å². The maximum atomic E-state index is 11.8. The summed E-state index contributed by atoms with van der Waals surface area (Å²) in [5.74, 6) is 1.56. The summed E-state index contributed by atoms with van der Waals surface area (Å²) in [5.41, 5.74) is 1.61. The molecule has 1 aromatic carbocycles. The first-order valence-corrected chi connectivity index (χ1v) is 7.83. The van der Waals surface area contributed by atoms with Crippen LogP contribution in [-0.2, 0) is 0 Å². The van der Waals surface area contributed by atoms with Crippen LogP contribution in [0, 0.1) is 0 Å². The van der Waals surface area contributed by atoms with E-state index in [9.17, 15) is 4.79 Å². The molecule has 1 aliphatic heterocycles. The van der Waals surface area contributed by atoms with Crippen LogP contribution in [0.1, 0.15) is 34.9 Å². The minimum absolute atomic E-state index is 0.167. The van der Waals surface area contributed by atoms with E-state index < -0.39 is 0 Å². The molecule has 1 N–H and O–H groups in total. The zero-order valence-corrected chi connectivity index (χ0v) is 13.5. The molecular formula is C18H21N3O2. The van der Waals surface area contributed by atoms with Gasteiger partial charge in [-0.25, -0.2) is 4.98 Å². The van der Waals surface area contributed by atoms with E-state index >= 15 is 0 Å². The summed E-state index contributed by atoms with van der Waals surface area (Å²) in [6, 6.07) is 13.9. The van der Waals surface area contributed by atoms with Crippen LogP contribution in [0.4, 0.5) is 5.82 Å². The molecule has 3 rings (SSSR count). The Morgan fingerprint density at radius 1 is 1.26 bits per heavy atom. The predicted octanol–water partition coefficient (Wildman–Crippen LogP) is 2.79. The van der Waals surface area contributed by atoms with Crippen molar-refractivity contribution in [3.05, 3.63) is 53.7 Å². The Labute approximate surface area is 136 Å². The average molecular weight is 311 g/mol. The molecule has 1 aliphatic rings. The number of ether oxygens (including phenoxy) is 1. The lowest BCUT2D eigenvalue weighted by molar-refractivity contribution is 0.0958. The summed E-state index contributed by atoms with van der Waals surface area (Å²) in [6.07, 6.45) is 2.14. The monoisotopic (exact) mass is 311 g/mol. The highest BCUT2D eigenvalue weighted by atomic mass is 16.5. The van der Waals surface area contributed by atoms with E-state index in [-0.39, 0.29) is 11.9 Å². The maximum Gasteiger partial charge on any atom is 0.269 e. The smallest absolute Gasteiger partial charge is 0.269 e. The molecule has 0 unspecified atom stereocenters. The lowest BCUT2D eigenvalue weighted by Gasteiger charge is -2.27. The van der Waals surface area contributed by atoms with Crippen molar-refractivity contribution in [3.63, 3.8) is 0 Å². The maximum absolute atomic E-state index is 11.8. The number of anilines is 1. The number of carbonyl (C=O) groups is 1. The Bertz CT molecular complexity index is 702.